The van der Waals surface area contributed by atoms with Gasteiger partial charge >= 0.3 is 5.97 Å². The lowest BCUT2D eigenvalue weighted by Crippen LogP contribution is -2.18. The number of rotatable bonds is 8. The average Bonchev–Trinajstić information content (AvgIpc) is 2.64. The van der Waals surface area contributed by atoms with Crippen molar-refractivity contribution in [1.82, 2.24) is 4.98 Å². The molecule has 0 saturated carbocycles. The summed E-state index contributed by atoms with van der Waals surface area (Å²) in [4.78, 5) is 28.6. The Morgan fingerprint density at radius 2 is 2.04 bits per heavy atom. The van der Waals surface area contributed by atoms with Gasteiger partial charge in [0.05, 0.1) is 17.9 Å². The Bertz CT molecular complexity index is 891. The van der Waals surface area contributed by atoms with E-state index in [1.165, 1.54) is 11.8 Å². The molecule has 0 amide bonds. The predicted octanol–water partition coefficient (Wildman–Crippen LogP) is 3.52. The maximum Gasteiger partial charge on any atom is 0.325 e. The highest BCUT2D eigenvalue weighted by Crippen LogP contribution is 2.25. The minimum Gasteiger partial charge on any atom is -0.465 e. The van der Waals surface area contributed by atoms with Gasteiger partial charge in [0, 0.05) is 16.9 Å². The maximum absolute atomic E-state index is 12.7. The van der Waals surface area contributed by atoms with E-state index in [9.17, 15) is 14.9 Å². The number of ether oxygens (including phenoxy) is 1. The van der Waals surface area contributed by atoms with Crippen LogP contribution in [-0.4, -0.2) is 35.6 Å². The zero-order valence-corrected chi connectivity index (χ0v) is 16.4. The molecule has 1 aromatic carbocycles. The SMILES string of the molecule is CCOC(=O)CNc1ccccc1C(=O)CSc1nc(C)cc(C)c1C#N. The normalized spacial score (nSPS) is 10.1. The molecule has 0 atom stereocenters. The van der Waals surface area contributed by atoms with Crippen LogP contribution < -0.4 is 5.32 Å². The van der Waals surface area contributed by atoms with E-state index < -0.39 is 0 Å². The molecule has 0 aliphatic rings. The Balaban J connectivity index is 2.11. The lowest BCUT2D eigenvalue weighted by Gasteiger charge is -2.11. The lowest BCUT2D eigenvalue weighted by molar-refractivity contribution is -0.140. The van der Waals surface area contributed by atoms with Crippen LogP contribution in [0.5, 0.6) is 0 Å². The zero-order valence-electron chi connectivity index (χ0n) is 15.5. The van der Waals surface area contributed by atoms with Crippen LogP contribution in [0.1, 0.15) is 34.1 Å². The van der Waals surface area contributed by atoms with E-state index in [0.717, 1.165) is 11.3 Å². The Labute approximate surface area is 162 Å². The van der Waals surface area contributed by atoms with Gasteiger partial charge in [-0.1, -0.05) is 23.9 Å². The monoisotopic (exact) mass is 383 g/mol. The van der Waals surface area contributed by atoms with Gasteiger partial charge in [0.25, 0.3) is 0 Å². The van der Waals surface area contributed by atoms with Crippen LogP contribution in [0.3, 0.4) is 0 Å². The fourth-order valence-electron chi connectivity index (χ4n) is 2.51. The fraction of sp³-hybridized carbons (Fsp3) is 0.300. The number of carbonyl (C=O) groups excluding carboxylic acids is 2. The first-order chi connectivity index (χ1) is 13.0. The summed E-state index contributed by atoms with van der Waals surface area (Å²) >= 11 is 1.24. The molecule has 0 aliphatic carbocycles. The van der Waals surface area contributed by atoms with Crippen LogP contribution >= 0.6 is 11.8 Å². The molecule has 1 aromatic heterocycles. The fourth-order valence-corrected chi connectivity index (χ4v) is 3.50. The number of anilines is 1. The maximum atomic E-state index is 12.7. The quantitative estimate of drug-likeness (QED) is 0.423. The van der Waals surface area contributed by atoms with Gasteiger partial charge in [0.15, 0.2) is 5.78 Å². The number of carbonyl (C=O) groups is 2. The highest BCUT2D eigenvalue weighted by atomic mass is 32.2. The first-order valence-electron chi connectivity index (χ1n) is 8.49. The van der Waals surface area contributed by atoms with Gasteiger partial charge < -0.3 is 10.1 Å². The van der Waals surface area contributed by atoms with E-state index in [1.807, 2.05) is 19.9 Å². The largest absolute Gasteiger partial charge is 0.465 e. The molecule has 2 rings (SSSR count). The first kappa shape index (κ1) is 20.5. The average molecular weight is 383 g/mol. The van der Waals surface area contributed by atoms with Gasteiger partial charge in [-0.15, -0.1) is 0 Å². The van der Waals surface area contributed by atoms with Gasteiger partial charge in [-0.2, -0.15) is 5.26 Å². The van der Waals surface area contributed by atoms with Gasteiger partial charge in [-0.05, 0) is 44.5 Å². The number of benzene rings is 1. The van der Waals surface area contributed by atoms with E-state index >= 15 is 0 Å². The molecular formula is C20H21N3O3S. The Hall–Kier alpha value is -2.85. The number of hydrogen-bond acceptors (Lipinski definition) is 7. The third-order valence-electron chi connectivity index (χ3n) is 3.72. The van der Waals surface area contributed by atoms with Crippen molar-refractivity contribution in [1.29, 1.82) is 5.26 Å². The second-order valence-electron chi connectivity index (χ2n) is 5.79. The number of hydrogen-bond donors (Lipinski definition) is 1. The predicted molar refractivity (Wildman–Crippen MR) is 105 cm³/mol. The topological polar surface area (TPSA) is 92.1 Å². The van der Waals surface area contributed by atoms with Crippen LogP contribution in [0.4, 0.5) is 5.69 Å². The van der Waals surface area contributed by atoms with Gasteiger partial charge in [0.1, 0.15) is 17.6 Å². The van der Waals surface area contributed by atoms with Crippen molar-refractivity contribution in [2.75, 3.05) is 24.2 Å². The van der Waals surface area contributed by atoms with Crippen LogP contribution in [0, 0.1) is 25.2 Å². The number of Topliss-reactive ketones (excluding diaryl/α,β-unsaturated/α-hetero) is 1. The summed E-state index contributed by atoms with van der Waals surface area (Å²) in [7, 11) is 0. The van der Waals surface area contributed by atoms with Crippen molar-refractivity contribution in [2.24, 2.45) is 0 Å². The number of nitrogens with zero attached hydrogens (tertiary/aromatic N) is 2. The van der Waals surface area contributed by atoms with Crippen LogP contribution in [0.25, 0.3) is 0 Å². The Morgan fingerprint density at radius 1 is 1.30 bits per heavy atom. The molecule has 7 heteroatoms. The molecule has 0 unspecified atom stereocenters. The minimum absolute atomic E-state index is 0.0114. The smallest absolute Gasteiger partial charge is 0.325 e. The molecule has 140 valence electrons. The summed E-state index contributed by atoms with van der Waals surface area (Å²) in [6.45, 7) is 5.75. The summed E-state index contributed by atoms with van der Waals surface area (Å²) in [5.41, 5.74) is 3.20. The molecule has 6 nitrogen and oxygen atoms in total. The van der Waals surface area contributed by atoms with Crippen molar-refractivity contribution in [3.05, 3.63) is 52.7 Å². The van der Waals surface area contributed by atoms with Crippen LogP contribution in [0.2, 0.25) is 0 Å². The summed E-state index contributed by atoms with van der Waals surface area (Å²) < 4.78 is 4.89. The molecule has 0 spiro atoms. The standard InChI is InChI=1S/C20H21N3O3S/c1-4-26-19(25)11-22-17-8-6-5-7-15(17)18(24)12-27-20-16(10-21)13(2)9-14(3)23-20/h5-9,22H,4,11-12H2,1-3H3. The number of aryl methyl sites for hydroxylation is 2. The number of para-hydroxylation sites is 1. The van der Waals surface area contributed by atoms with E-state index in [4.69, 9.17) is 4.74 Å². The molecule has 27 heavy (non-hydrogen) atoms. The number of aromatic nitrogens is 1. The molecule has 0 saturated heterocycles. The highest BCUT2D eigenvalue weighted by molar-refractivity contribution is 8.00. The number of ketones is 1. The molecule has 0 aliphatic heterocycles. The molecular weight excluding hydrogens is 362 g/mol. The van der Waals surface area contributed by atoms with E-state index in [1.54, 1.807) is 31.2 Å². The highest BCUT2D eigenvalue weighted by Gasteiger charge is 2.15. The molecule has 0 fully saturated rings. The molecule has 0 bridgehead atoms. The first-order valence-corrected chi connectivity index (χ1v) is 9.47. The third-order valence-corrected chi connectivity index (χ3v) is 4.69. The second kappa shape index (κ2) is 9.74. The van der Waals surface area contributed by atoms with Crippen molar-refractivity contribution in [2.45, 2.75) is 25.8 Å². The van der Waals surface area contributed by atoms with E-state index in [2.05, 4.69) is 16.4 Å². The number of thioether (sulfide) groups is 1. The van der Waals surface area contributed by atoms with Crippen LogP contribution in [-0.2, 0) is 9.53 Å². The van der Waals surface area contributed by atoms with Crippen LogP contribution in [0.15, 0.2) is 35.4 Å². The van der Waals surface area contributed by atoms with Gasteiger partial charge in [-0.3, -0.25) is 9.59 Å². The minimum atomic E-state index is -0.382. The third kappa shape index (κ3) is 5.56. The number of esters is 1. The van der Waals surface area contributed by atoms with E-state index in [-0.39, 0.29) is 24.1 Å². The summed E-state index contributed by atoms with van der Waals surface area (Å²) in [6.07, 6.45) is 0. The number of nitrogens with one attached hydrogen (secondary N) is 1. The summed E-state index contributed by atoms with van der Waals surface area (Å²) in [5, 5.41) is 12.8. The number of pyridine rings is 1. The zero-order chi connectivity index (χ0) is 19.8. The summed E-state index contributed by atoms with van der Waals surface area (Å²) in [5.74, 6) is -0.355. The van der Waals surface area contributed by atoms with Crippen molar-refractivity contribution in [3.8, 4) is 6.07 Å². The number of nitriles is 1. The molecule has 0 radical (unpaired) electrons. The second-order valence-corrected chi connectivity index (χ2v) is 6.75. The molecule has 2 aromatic rings. The van der Waals surface area contributed by atoms with Crippen molar-refractivity contribution in [3.63, 3.8) is 0 Å². The van der Waals surface area contributed by atoms with E-state index in [0.29, 0.717) is 28.4 Å². The van der Waals surface area contributed by atoms with Crippen molar-refractivity contribution >= 4 is 29.2 Å². The lowest BCUT2D eigenvalue weighted by atomic mass is 10.1. The van der Waals surface area contributed by atoms with Gasteiger partial charge in [0.2, 0.25) is 0 Å². The van der Waals surface area contributed by atoms with Gasteiger partial charge in [-0.25, -0.2) is 4.98 Å². The molecule has 1 heterocycles. The Kier molecular flexibility index (Phi) is 7.38. The molecule has 1 N–H and O–H groups in total. The Morgan fingerprint density at radius 3 is 2.74 bits per heavy atom. The van der Waals surface area contributed by atoms with Crippen molar-refractivity contribution < 1.29 is 14.3 Å². The summed E-state index contributed by atoms with van der Waals surface area (Å²) in [6, 6.07) is 11.0.